The highest BCUT2D eigenvalue weighted by atomic mass is 32.2. The second kappa shape index (κ2) is 5.87. The van der Waals surface area contributed by atoms with Crippen LogP contribution in [0.1, 0.15) is 0 Å². The Bertz CT molecular complexity index is 625. The molecular formula is C6H6F8O8S2. The largest absolute Gasteiger partial charge is 0.382 e. The Morgan fingerprint density at radius 3 is 0.875 bits per heavy atom. The van der Waals surface area contributed by atoms with E-state index < -0.39 is 54.8 Å². The third-order valence-corrected chi connectivity index (χ3v) is 4.14. The zero-order valence-corrected chi connectivity index (χ0v) is 12.0. The normalized spacial score (nSPS) is 18.3. The quantitative estimate of drug-likeness (QED) is 0.329. The summed E-state index contributed by atoms with van der Waals surface area (Å²) in [5, 5.41) is 16.6. The summed E-state index contributed by atoms with van der Waals surface area (Å²) in [6.07, 6.45) is 0. The van der Waals surface area contributed by atoms with E-state index in [4.69, 9.17) is 19.3 Å². The maximum atomic E-state index is 13.1. The smallest absolute Gasteiger partial charge is 0.370 e. The van der Waals surface area contributed by atoms with Gasteiger partial charge in [-0.25, -0.2) is 0 Å². The van der Waals surface area contributed by atoms with Gasteiger partial charge in [0.05, 0.1) is 0 Å². The maximum Gasteiger partial charge on any atom is 0.382 e. The van der Waals surface area contributed by atoms with E-state index in [-0.39, 0.29) is 0 Å². The molecule has 0 fully saturated rings. The number of hydrogen-bond donors (Lipinski definition) is 4. The number of alkyl halides is 8. The van der Waals surface area contributed by atoms with Crippen LogP contribution in [-0.4, -0.2) is 70.7 Å². The number of hydrogen-bond acceptors (Lipinski definition) is 6. The second-order valence-electron chi connectivity index (χ2n) is 4.13. The van der Waals surface area contributed by atoms with Crippen LogP contribution >= 0.6 is 0 Å². The molecule has 0 amide bonds. The standard InChI is InChI=1S/C6H6F8O8S2/c7-3(8,1(15)23(17,18)19)5(11,12)6(13,14)4(9,10)2(16)24(20,21)22/h1-2,15-16H,(H,17,18,19)(H,20,21,22). The molecular weight excluding hydrogens is 416 g/mol. The van der Waals surface area contributed by atoms with E-state index in [2.05, 4.69) is 0 Å². The highest BCUT2D eigenvalue weighted by Gasteiger charge is 2.85. The molecule has 2 unspecified atom stereocenters. The average molecular weight is 422 g/mol. The first-order chi connectivity index (χ1) is 10.1. The second-order valence-corrected chi connectivity index (χ2v) is 7.08. The van der Waals surface area contributed by atoms with E-state index in [0.717, 1.165) is 0 Å². The molecule has 0 saturated carbocycles. The first-order valence-electron chi connectivity index (χ1n) is 4.86. The van der Waals surface area contributed by atoms with Crippen molar-refractivity contribution in [3.63, 3.8) is 0 Å². The molecule has 0 heterocycles. The summed E-state index contributed by atoms with van der Waals surface area (Å²) in [5.74, 6) is -29.1. The van der Waals surface area contributed by atoms with E-state index in [9.17, 15) is 52.0 Å². The van der Waals surface area contributed by atoms with Gasteiger partial charge in [-0.15, -0.1) is 0 Å². The van der Waals surface area contributed by atoms with Gasteiger partial charge in [-0.05, 0) is 0 Å². The average Bonchev–Trinajstić information content (AvgIpc) is 2.33. The summed E-state index contributed by atoms with van der Waals surface area (Å²) < 4.78 is 161. The zero-order chi connectivity index (χ0) is 20.2. The van der Waals surface area contributed by atoms with Crippen LogP contribution in [0.15, 0.2) is 0 Å². The van der Waals surface area contributed by atoms with Gasteiger partial charge in [0.1, 0.15) is 0 Å². The van der Waals surface area contributed by atoms with Crippen molar-refractivity contribution in [3.05, 3.63) is 0 Å². The fourth-order valence-electron chi connectivity index (χ4n) is 1.10. The minimum Gasteiger partial charge on any atom is -0.370 e. The fraction of sp³-hybridized carbons (Fsp3) is 1.00. The van der Waals surface area contributed by atoms with Gasteiger partial charge in [0, 0.05) is 0 Å². The molecule has 0 saturated heterocycles. The van der Waals surface area contributed by atoms with Crippen LogP contribution in [0.4, 0.5) is 35.1 Å². The summed E-state index contributed by atoms with van der Waals surface area (Å²) in [6, 6.07) is 0. The fourth-order valence-corrected chi connectivity index (χ4v) is 2.15. The Labute approximate surface area is 127 Å². The predicted octanol–water partition coefficient (Wildman–Crippen LogP) is -0.0600. The van der Waals surface area contributed by atoms with Gasteiger partial charge in [0.15, 0.2) is 0 Å². The minimum atomic E-state index is -7.54. The van der Waals surface area contributed by atoms with Crippen molar-refractivity contribution >= 4 is 20.2 Å². The molecule has 18 heteroatoms. The lowest BCUT2D eigenvalue weighted by Crippen LogP contribution is -2.69. The first kappa shape index (κ1) is 23.2. The summed E-state index contributed by atoms with van der Waals surface area (Å²) in [7, 11) is -13.2. The molecule has 4 N–H and O–H groups in total. The van der Waals surface area contributed by atoms with Crippen LogP contribution in [0.2, 0.25) is 0 Å². The van der Waals surface area contributed by atoms with Crippen LogP contribution in [0.5, 0.6) is 0 Å². The summed E-state index contributed by atoms with van der Waals surface area (Å²) in [5.41, 5.74) is -10.0. The summed E-state index contributed by atoms with van der Waals surface area (Å²) in [6.45, 7) is 0. The van der Waals surface area contributed by atoms with Crippen LogP contribution in [-0.2, 0) is 20.2 Å². The van der Waals surface area contributed by atoms with Gasteiger partial charge < -0.3 is 10.2 Å². The first-order valence-corrected chi connectivity index (χ1v) is 7.87. The van der Waals surface area contributed by atoms with Crippen molar-refractivity contribution in [1.82, 2.24) is 0 Å². The highest BCUT2D eigenvalue weighted by Crippen LogP contribution is 2.55. The molecule has 0 aliphatic carbocycles. The van der Waals surface area contributed by atoms with Gasteiger partial charge in [-0.1, -0.05) is 0 Å². The van der Waals surface area contributed by atoms with Gasteiger partial charge >= 0.3 is 23.7 Å². The topological polar surface area (TPSA) is 149 Å². The maximum absolute atomic E-state index is 13.1. The van der Waals surface area contributed by atoms with E-state index in [0.29, 0.717) is 0 Å². The highest BCUT2D eigenvalue weighted by molar-refractivity contribution is 7.86. The lowest BCUT2D eigenvalue weighted by molar-refractivity contribution is -0.380. The van der Waals surface area contributed by atoms with E-state index >= 15 is 0 Å². The van der Waals surface area contributed by atoms with Crippen LogP contribution in [0.25, 0.3) is 0 Å². The molecule has 2 atom stereocenters. The van der Waals surface area contributed by atoms with Crippen molar-refractivity contribution in [2.45, 2.75) is 34.6 Å². The molecule has 0 bridgehead atoms. The summed E-state index contributed by atoms with van der Waals surface area (Å²) in [4.78, 5) is 0. The van der Waals surface area contributed by atoms with E-state index in [1.165, 1.54) is 0 Å². The molecule has 0 radical (unpaired) electrons. The van der Waals surface area contributed by atoms with Gasteiger partial charge in [0.2, 0.25) is 0 Å². The zero-order valence-electron chi connectivity index (χ0n) is 10.4. The number of aliphatic hydroxyl groups excluding tert-OH is 2. The van der Waals surface area contributed by atoms with E-state index in [1.54, 1.807) is 0 Å². The number of aliphatic hydroxyl groups is 2. The monoisotopic (exact) mass is 422 g/mol. The molecule has 0 aliphatic rings. The predicted molar refractivity (Wildman–Crippen MR) is 54.9 cm³/mol. The van der Waals surface area contributed by atoms with Gasteiger partial charge in [-0.2, -0.15) is 52.0 Å². The molecule has 146 valence electrons. The molecule has 0 aromatic heterocycles. The van der Waals surface area contributed by atoms with Crippen molar-refractivity contribution in [2.75, 3.05) is 0 Å². The van der Waals surface area contributed by atoms with Crippen molar-refractivity contribution in [1.29, 1.82) is 0 Å². The molecule has 8 nitrogen and oxygen atoms in total. The number of rotatable bonds is 7. The Balaban J connectivity index is 6.37. The lowest BCUT2D eigenvalue weighted by atomic mass is 9.99. The van der Waals surface area contributed by atoms with E-state index in [1.807, 2.05) is 0 Å². The molecule has 0 aliphatic heterocycles. The van der Waals surface area contributed by atoms with Crippen LogP contribution in [0, 0.1) is 0 Å². The summed E-state index contributed by atoms with van der Waals surface area (Å²) >= 11 is 0. The SMILES string of the molecule is O=S(=O)(O)C(O)C(F)(F)C(F)(F)C(F)(F)C(F)(F)C(O)S(=O)(=O)O. The minimum absolute atomic E-state index is 5.02. The lowest BCUT2D eigenvalue weighted by Gasteiger charge is -2.38. The van der Waals surface area contributed by atoms with Crippen LogP contribution in [0.3, 0.4) is 0 Å². The molecule has 24 heavy (non-hydrogen) atoms. The third-order valence-electron chi connectivity index (χ3n) is 2.42. The molecule has 0 aromatic carbocycles. The molecule has 0 spiro atoms. The Hall–Kier alpha value is -0.820. The van der Waals surface area contributed by atoms with Gasteiger partial charge in [-0.3, -0.25) is 9.11 Å². The third kappa shape index (κ3) is 3.43. The van der Waals surface area contributed by atoms with Crippen molar-refractivity contribution in [2.24, 2.45) is 0 Å². The number of halogens is 8. The van der Waals surface area contributed by atoms with Crippen molar-refractivity contribution in [3.8, 4) is 0 Å². The Kier molecular flexibility index (Phi) is 5.67. The molecule has 0 rings (SSSR count). The van der Waals surface area contributed by atoms with Crippen LogP contribution < -0.4 is 0 Å². The Morgan fingerprint density at radius 1 is 0.583 bits per heavy atom. The van der Waals surface area contributed by atoms with Gasteiger partial charge in [0.25, 0.3) is 31.1 Å². The molecule has 0 aromatic rings. The Morgan fingerprint density at radius 2 is 0.750 bits per heavy atom. The van der Waals surface area contributed by atoms with Crippen molar-refractivity contribution < 1.29 is 71.3 Å².